The number of fused-ring (bicyclic) bond motifs is 1. The molecule has 3 saturated carbocycles. The van der Waals surface area contributed by atoms with Crippen LogP contribution in [0.3, 0.4) is 0 Å². The van der Waals surface area contributed by atoms with Gasteiger partial charge in [-0.1, -0.05) is 0 Å². The first-order valence-corrected chi connectivity index (χ1v) is 11.7. The summed E-state index contributed by atoms with van der Waals surface area (Å²) in [5.41, 5.74) is 7.03. The molecule has 0 spiro atoms. The van der Waals surface area contributed by atoms with E-state index in [1.807, 2.05) is 0 Å². The van der Waals surface area contributed by atoms with Gasteiger partial charge in [-0.3, -0.25) is 4.40 Å². The Morgan fingerprint density at radius 3 is 2.47 bits per heavy atom. The van der Waals surface area contributed by atoms with Gasteiger partial charge in [0.1, 0.15) is 10.7 Å². The summed E-state index contributed by atoms with van der Waals surface area (Å²) in [6.45, 7) is 1.78. The first-order valence-electron chi connectivity index (χ1n) is 10.3. The number of halogens is 4. The van der Waals surface area contributed by atoms with Crippen LogP contribution in [0.25, 0.3) is 16.9 Å². The molecule has 4 N–H and O–H groups in total. The summed E-state index contributed by atoms with van der Waals surface area (Å²) >= 11 is 0. The number of hydrogen-bond donors (Lipinski definition) is 3. The Hall–Kier alpha value is -3.77. The number of sulfonamides is 1. The van der Waals surface area contributed by atoms with Crippen molar-refractivity contribution < 1.29 is 35.9 Å². The Kier molecular flexibility index (Phi) is 5.72. The summed E-state index contributed by atoms with van der Waals surface area (Å²) in [4.78, 5) is 16.9. The third-order valence-electron chi connectivity index (χ3n) is 6.02. The second kappa shape index (κ2) is 8.14. The van der Waals surface area contributed by atoms with Gasteiger partial charge in [-0.15, -0.1) is 0 Å². The predicted octanol–water partition coefficient (Wildman–Crippen LogP) is 2.78. The molecule has 3 aliphatic carbocycles. The molecular formula is C21H18F4N6O4S. The van der Waals surface area contributed by atoms with Crippen molar-refractivity contribution in [3.05, 3.63) is 42.1 Å². The minimum atomic E-state index is -5.08. The smallest absolute Gasteiger partial charge is 0.475 e. The highest BCUT2D eigenvalue weighted by molar-refractivity contribution is 7.89. The summed E-state index contributed by atoms with van der Waals surface area (Å²) < 4.78 is 76.3. The third-order valence-corrected chi connectivity index (χ3v) is 7.61. The van der Waals surface area contributed by atoms with Crippen LogP contribution in [-0.4, -0.2) is 45.6 Å². The maximum absolute atomic E-state index is 14.5. The summed E-state index contributed by atoms with van der Waals surface area (Å²) in [7, 11) is -4.09. The van der Waals surface area contributed by atoms with Gasteiger partial charge in [-0.25, -0.2) is 32.3 Å². The highest BCUT2D eigenvalue weighted by atomic mass is 32.2. The van der Waals surface area contributed by atoms with Crippen LogP contribution >= 0.6 is 0 Å². The molecule has 0 radical (unpaired) electrons. The molecule has 0 unspecified atom stereocenters. The SMILES string of the molecule is Cc1cn2c(-c3ccc(F)c(S(=O)(=O)NC45CC(C#N)(C4)C5)c3)cnc2c(N)n1.O=C(O)C(F)(F)F. The summed E-state index contributed by atoms with van der Waals surface area (Å²) in [5.74, 6) is -3.34. The van der Waals surface area contributed by atoms with Gasteiger partial charge in [0.05, 0.1) is 29.1 Å². The molecule has 2 bridgehead atoms. The van der Waals surface area contributed by atoms with Crippen molar-refractivity contribution in [2.24, 2.45) is 5.41 Å². The maximum atomic E-state index is 14.5. The van der Waals surface area contributed by atoms with Crippen molar-refractivity contribution in [2.45, 2.75) is 42.8 Å². The molecule has 36 heavy (non-hydrogen) atoms. The number of carbonyl (C=O) groups is 1. The van der Waals surface area contributed by atoms with Gasteiger partial charge in [-0.05, 0) is 44.4 Å². The second-order valence-electron chi connectivity index (χ2n) is 8.86. The zero-order valence-corrected chi connectivity index (χ0v) is 19.3. The van der Waals surface area contributed by atoms with Crippen LogP contribution in [0.15, 0.2) is 35.5 Å². The lowest BCUT2D eigenvalue weighted by atomic mass is 9.40. The molecular weight excluding hydrogens is 508 g/mol. The van der Waals surface area contributed by atoms with Gasteiger partial charge in [0.25, 0.3) is 0 Å². The third kappa shape index (κ3) is 4.33. The normalized spacial score (nSPS) is 22.6. The number of nitrogens with two attached hydrogens (primary N) is 1. The van der Waals surface area contributed by atoms with Crippen molar-refractivity contribution in [1.29, 1.82) is 5.26 Å². The Balaban J connectivity index is 0.000000384. The number of nitrogens with one attached hydrogen (secondary N) is 1. The number of alkyl halides is 3. The van der Waals surface area contributed by atoms with E-state index in [2.05, 4.69) is 20.8 Å². The van der Waals surface area contributed by atoms with Crippen LogP contribution in [0.1, 0.15) is 25.0 Å². The minimum absolute atomic E-state index is 0.253. The number of nitriles is 1. The van der Waals surface area contributed by atoms with E-state index >= 15 is 0 Å². The quantitative estimate of drug-likeness (QED) is 0.437. The maximum Gasteiger partial charge on any atom is 0.490 e. The number of hydrogen-bond acceptors (Lipinski definition) is 7. The summed E-state index contributed by atoms with van der Waals surface area (Å²) in [6, 6.07) is 6.14. The summed E-state index contributed by atoms with van der Waals surface area (Å²) in [6.07, 6.45) is -0.407. The topological polar surface area (TPSA) is 163 Å². The molecule has 10 nitrogen and oxygen atoms in total. The molecule has 190 valence electrons. The Morgan fingerprint density at radius 1 is 1.31 bits per heavy atom. The zero-order valence-electron chi connectivity index (χ0n) is 18.5. The number of carboxylic acids is 1. The number of aryl methyl sites for hydroxylation is 1. The number of benzene rings is 1. The number of anilines is 1. The number of carboxylic acid groups (broad SMARTS) is 1. The van der Waals surface area contributed by atoms with Crippen LogP contribution in [0.2, 0.25) is 0 Å². The van der Waals surface area contributed by atoms with E-state index in [9.17, 15) is 26.0 Å². The van der Waals surface area contributed by atoms with Gasteiger partial charge in [0.2, 0.25) is 10.0 Å². The van der Waals surface area contributed by atoms with E-state index in [0.717, 1.165) is 6.07 Å². The van der Waals surface area contributed by atoms with E-state index in [1.165, 1.54) is 12.1 Å². The lowest BCUT2D eigenvalue weighted by Gasteiger charge is -2.66. The highest BCUT2D eigenvalue weighted by Crippen LogP contribution is 2.67. The Labute approximate surface area is 201 Å². The molecule has 0 aliphatic heterocycles. The van der Waals surface area contributed by atoms with Gasteiger partial charge >= 0.3 is 12.1 Å². The number of aliphatic carboxylic acids is 1. The van der Waals surface area contributed by atoms with Crippen LogP contribution in [0, 0.1) is 29.5 Å². The number of imidazole rings is 1. The average molecular weight is 526 g/mol. The molecule has 2 aromatic heterocycles. The Bertz CT molecular complexity index is 1520. The van der Waals surface area contributed by atoms with Crippen molar-refractivity contribution in [3.63, 3.8) is 0 Å². The minimum Gasteiger partial charge on any atom is -0.475 e. The van der Waals surface area contributed by atoms with E-state index < -0.39 is 43.8 Å². The number of nitrogen functional groups attached to an aromatic ring is 1. The molecule has 0 amide bonds. The molecule has 3 fully saturated rings. The average Bonchev–Trinajstić information content (AvgIpc) is 3.13. The Morgan fingerprint density at radius 2 is 1.92 bits per heavy atom. The van der Waals surface area contributed by atoms with E-state index in [-0.39, 0.29) is 5.82 Å². The van der Waals surface area contributed by atoms with Crippen LogP contribution in [0.4, 0.5) is 23.4 Å². The molecule has 0 atom stereocenters. The lowest BCUT2D eigenvalue weighted by molar-refractivity contribution is -0.192. The van der Waals surface area contributed by atoms with E-state index in [0.29, 0.717) is 41.9 Å². The molecule has 3 aromatic rings. The van der Waals surface area contributed by atoms with E-state index in [1.54, 1.807) is 23.7 Å². The standard InChI is InChI=1S/C19H17FN6O2S.C2HF3O2/c1-11-6-26-14(5-23-17(26)16(22)24-11)12-2-3-13(20)15(4-12)29(27,28)25-19-7-18(8-19,9-19)10-21;3-2(4,5)1(6)7/h2-6,25H,7-9H2,1H3,(H2,22,24);(H,6,7). The highest BCUT2D eigenvalue weighted by Gasteiger charge is 2.69. The van der Waals surface area contributed by atoms with Gasteiger partial charge < -0.3 is 10.8 Å². The molecule has 6 rings (SSSR count). The largest absolute Gasteiger partial charge is 0.490 e. The lowest BCUT2D eigenvalue weighted by Crippen LogP contribution is -2.74. The second-order valence-corrected chi connectivity index (χ2v) is 10.5. The molecule has 3 aliphatic rings. The fraction of sp³-hybridized carbons (Fsp3) is 0.333. The first kappa shape index (κ1) is 25.3. The first-order chi connectivity index (χ1) is 16.6. The molecule has 0 saturated heterocycles. The fourth-order valence-electron chi connectivity index (χ4n) is 4.57. The predicted molar refractivity (Wildman–Crippen MR) is 116 cm³/mol. The van der Waals surface area contributed by atoms with Crippen molar-refractivity contribution in [2.75, 3.05) is 5.73 Å². The van der Waals surface area contributed by atoms with Crippen molar-refractivity contribution in [1.82, 2.24) is 19.1 Å². The zero-order chi connectivity index (χ0) is 26.7. The molecule has 15 heteroatoms. The van der Waals surface area contributed by atoms with Gasteiger partial charge in [0.15, 0.2) is 11.5 Å². The summed E-state index contributed by atoms with van der Waals surface area (Å²) in [5, 5.41) is 16.2. The molecule has 1 aromatic carbocycles. The van der Waals surface area contributed by atoms with Gasteiger partial charge in [-0.2, -0.15) is 18.4 Å². The number of rotatable bonds is 4. The monoisotopic (exact) mass is 526 g/mol. The number of nitrogens with zero attached hydrogens (tertiary/aromatic N) is 4. The van der Waals surface area contributed by atoms with Crippen molar-refractivity contribution >= 4 is 27.5 Å². The van der Waals surface area contributed by atoms with Gasteiger partial charge in [0, 0.05) is 17.3 Å². The fourth-order valence-corrected chi connectivity index (χ4v) is 6.08. The van der Waals surface area contributed by atoms with Crippen LogP contribution < -0.4 is 10.5 Å². The van der Waals surface area contributed by atoms with Crippen LogP contribution in [-0.2, 0) is 14.8 Å². The molecule has 2 heterocycles. The van der Waals surface area contributed by atoms with E-state index in [4.69, 9.17) is 20.9 Å². The van der Waals surface area contributed by atoms with Crippen molar-refractivity contribution in [3.8, 4) is 17.3 Å². The van der Waals surface area contributed by atoms with Crippen LogP contribution in [0.5, 0.6) is 0 Å². The number of aromatic nitrogens is 3.